The number of amides is 2. The summed E-state index contributed by atoms with van der Waals surface area (Å²) in [5.41, 5.74) is 3.12. The van der Waals surface area contributed by atoms with Crippen LogP contribution < -0.4 is 10.6 Å². The van der Waals surface area contributed by atoms with Crippen molar-refractivity contribution in [2.24, 2.45) is 0 Å². The Kier molecular flexibility index (Phi) is 6.33. The average molecular weight is 433 g/mol. The largest absolute Gasteiger partial charge is 0.326 e. The van der Waals surface area contributed by atoms with Gasteiger partial charge in [0.1, 0.15) is 0 Å². The molecule has 1 heterocycles. The molecule has 1 aliphatic heterocycles. The normalized spacial score (nSPS) is 16.1. The van der Waals surface area contributed by atoms with Crippen LogP contribution >= 0.6 is 11.8 Å². The number of hydrogen-bond donors (Lipinski definition) is 2. The third-order valence-corrected chi connectivity index (χ3v) is 7.92. The van der Waals surface area contributed by atoms with Crippen LogP contribution in [0.15, 0.2) is 46.2 Å². The molecular formula is C21H24N2O4S2. The van der Waals surface area contributed by atoms with Crippen molar-refractivity contribution in [1.29, 1.82) is 0 Å². The highest BCUT2D eigenvalue weighted by atomic mass is 32.2. The van der Waals surface area contributed by atoms with Crippen LogP contribution in [0.2, 0.25) is 0 Å². The van der Waals surface area contributed by atoms with Gasteiger partial charge in [-0.3, -0.25) is 9.59 Å². The first-order valence-electron chi connectivity index (χ1n) is 9.41. The maximum Gasteiger partial charge on any atom is 0.237 e. The van der Waals surface area contributed by atoms with Crippen molar-refractivity contribution in [1.82, 2.24) is 0 Å². The Hall–Kier alpha value is -2.32. The number of sulfone groups is 1. The van der Waals surface area contributed by atoms with E-state index >= 15 is 0 Å². The Labute approximate surface area is 175 Å². The van der Waals surface area contributed by atoms with Gasteiger partial charge < -0.3 is 10.6 Å². The van der Waals surface area contributed by atoms with Crippen LogP contribution in [0.25, 0.3) is 0 Å². The van der Waals surface area contributed by atoms with Crippen LogP contribution in [0.1, 0.15) is 30.9 Å². The topological polar surface area (TPSA) is 92.3 Å². The molecule has 2 N–H and O–H groups in total. The van der Waals surface area contributed by atoms with Gasteiger partial charge in [0.25, 0.3) is 0 Å². The fraction of sp³-hybridized carbons (Fsp3) is 0.333. The second kappa shape index (κ2) is 8.59. The van der Waals surface area contributed by atoms with Gasteiger partial charge in [0.05, 0.1) is 21.6 Å². The fourth-order valence-corrected chi connectivity index (χ4v) is 5.31. The predicted octanol–water partition coefficient (Wildman–Crippen LogP) is 3.93. The number of aryl methyl sites for hydroxylation is 2. The number of thioether (sulfide) groups is 1. The number of nitrogens with one attached hydrogen (secondary N) is 2. The Morgan fingerprint density at radius 1 is 1.17 bits per heavy atom. The van der Waals surface area contributed by atoms with E-state index in [1.54, 1.807) is 6.07 Å². The van der Waals surface area contributed by atoms with E-state index in [0.717, 1.165) is 16.0 Å². The minimum Gasteiger partial charge on any atom is -0.326 e. The van der Waals surface area contributed by atoms with Crippen LogP contribution in [0.4, 0.5) is 11.4 Å². The van der Waals surface area contributed by atoms with E-state index in [0.29, 0.717) is 17.8 Å². The molecule has 0 saturated carbocycles. The number of hydrogen-bond acceptors (Lipinski definition) is 5. The molecule has 6 nitrogen and oxygen atoms in total. The summed E-state index contributed by atoms with van der Waals surface area (Å²) >= 11 is 1.44. The zero-order chi connectivity index (χ0) is 21.2. The van der Waals surface area contributed by atoms with Crippen LogP contribution in [0.5, 0.6) is 0 Å². The van der Waals surface area contributed by atoms with Crippen molar-refractivity contribution in [2.45, 2.75) is 48.7 Å². The van der Waals surface area contributed by atoms with E-state index in [1.165, 1.54) is 23.9 Å². The molecule has 2 aromatic rings. The molecule has 8 heteroatoms. The van der Waals surface area contributed by atoms with E-state index in [9.17, 15) is 18.0 Å². The minimum atomic E-state index is -3.66. The number of carbonyl (C=O) groups excluding carboxylic acids is 2. The van der Waals surface area contributed by atoms with Crippen molar-refractivity contribution in [3.63, 3.8) is 0 Å². The monoisotopic (exact) mass is 432 g/mol. The summed E-state index contributed by atoms with van der Waals surface area (Å²) in [6, 6.07) is 10.4. The van der Waals surface area contributed by atoms with Gasteiger partial charge in [0, 0.05) is 17.0 Å². The highest BCUT2D eigenvalue weighted by Gasteiger charge is 2.27. The second-order valence-electron chi connectivity index (χ2n) is 7.10. The van der Waals surface area contributed by atoms with E-state index in [1.807, 2.05) is 39.0 Å². The Morgan fingerprint density at radius 2 is 1.93 bits per heavy atom. The molecule has 0 aliphatic carbocycles. The lowest BCUT2D eigenvalue weighted by Crippen LogP contribution is -2.28. The van der Waals surface area contributed by atoms with Crippen LogP contribution in [-0.2, 0) is 19.4 Å². The lowest BCUT2D eigenvalue weighted by molar-refractivity contribution is -0.116. The molecule has 0 unspecified atom stereocenters. The first kappa shape index (κ1) is 21.4. The molecule has 2 aromatic carbocycles. The number of carbonyl (C=O) groups is 2. The van der Waals surface area contributed by atoms with Gasteiger partial charge in [-0.2, -0.15) is 0 Å². The quantitative estimate of drug-likeness (QED) is 0.722. The predicted molar refractivity (Wildman–Crippen MR) is 116 cm³/mol. The van der Waals surface area contributed by atoms with E-state index in [4.69, 9.17) is 0 Å². The minimum absolute atomic E-state index is 0.103. The Balaban J connectivity index is 1.68. The first-order chi connectivity index (χ1) is 13.7. The molecule has 2 amide bonds. The van der Waals surface area contributed by atoms with Crippen molar-refractivity contribution < 1.29 is 18.0 Å². The third-order valence-electron chi connectivity index (χ3n) is 4.77. The summed E-state index contributed by atoms with van der Waals surface area (Å²) in [4.78, 5) is 25.3. The van der Waals surface area contributed by atoms with Crippen molar-refractivity contribution >= 4 is 44.8 Å². The van der Waals surface area contributed by atoms with Gasteiger partial charge >= 0.3 is 0 Å². The molecule has 0 bridgehead atoms. The molecule has 0 fully saturated rings. The molecule has 0 radical (unpaired) electrons. The van der Waals surface area contributed by atoms with E-state index < -0.39 is 9.84 Å². The highest BCUT2D eigenvalue weighted by Crippen LogP contribution is 2.38. The summed E-state index contributed by atoms with van der Waals surface area (Å²) < 4.78 is 25.4. The fourth-order valence-electron chi connectivity index (χ4n) is 3.02. The summed E-state index contributed by atoms with van der Waals surface area (Å²) in [5.74, 6) is -0.774. The molecule has 0 aromatic heterocycles. The molecule has 1 aliphatic rings. The summed E-state index contributed by atoms with van der Waals surface area (Å²) in [6.07, 6.45) is 0.553. The zero-order valence-corrected chi connectivity index (χ0v) is 18.2. The third kappa shape index (κ3) is 5.00. The lowest BCUT2D eigenvalue weighted by Gasteiger charge is -2.23. The van der Waals surface area contributed by atoms with E-state index in [2.05, 4.69) is 10.6 Å². The molecular weight excluding hydrogens is 408 g/mol. The van der Waals surface area contributed by atoms with Gasteiger partial charge in [-0.05, 0) is 55.7 Å². The maximum atomic E-state index is 12.7. The molecule has 29 heavy (non-hydrogen) atoms. The highest BCUT2D eigenvalue weighted by molar-refractivity contribution is 8.01. The molecule has 3 rings (SSSR count). The molecule has 0 saturated heterocycles. The van der Waals surface area contributed by atoms with Gasteiger partial charge in [0.2, 0.25) is 11.8 Å². The Bertz CT molecular complexity index is 1060. The summed E-state index contributed by atoms with van der Waals surface area (Å²) in [5, 5.41) is 5.39. The zero-order valence-electron chi connectivity index (χ0n) is 16.6. The first-order valence-corrected chi connectivity index (χ1v) is 11.9. The lowest BCUT2D eigenvalue weighted by atomic mass is 10.1. The number of anilines is 2. The Morgan fingerprint density at radius 3 is 2.66 bits per heavy atom. The van der Waals surface area contributed by atoms with Gasteiger partial charge in [-0.1, -0.05) is 19.1 Å². The molecule has 154 valence electrons. The number of benzene rings is 2. The maximum absolute atomic E-state index is 12.7. The van der Waals surface area contributed by atoms with Crippen molar-refractivity contribution in [3.8, 4) is 0 Å². The van der Waals surface area contributed by atoms with Gasteiger partial charge in [0.15, 0.2) is 9.84 Å². The van der Waals surface area contributed by atoms with Gasteiger partial charge in [-0.25, -0.2) is 8.42 Å². The average Bonchev–Trinajstić information content (AvgIpc) is 2.68. The molecule has 1 atom stereocenters. The van der Waals surface area contributed by atoms with Crippen molar-refractivity contribution in [3.05, 3.63) is 47.5 Å². The van der Waals surface area contributed by atoms with Crippen LogP contribution in [0, 0.1) is 13.8 Å². The van der Waals surface area contributed by atoms with E-state index in [-0.39, 0.29) is 34.1 Å². The summed E-state index contributed by atoms with van der Waals surface area (Å²) in [7, 11) is -3.66. The van der Waals surface area contributed by atoms with Crippen molar-refractivity contribution in [2.75, 3.05) is 16.4 Å². The van der Waals surface area contributed by atoms with Crippen LogP contribution in [-0.4, -0.2) is 31.2 Å². The SMILES string of the molecule is CC[C@@H]1Sc2ccc(S(=O)(=O)CCC(=O)Nc3cc(C)ccc3C)cc2NC1=O. The smallest absolute Gasteiger partial charge is 0.237 e. The number of fused-ring (bicyclic) bond motifs is 1. The second-order valence-corrected chi connectivity index (χ2v) is 10.5. The summed E-state index contributed by atoms with van der Waals surface area (Å²) in [6.45, 7) is 5.74. The van der Waals surface area contributed by atoms with Crippen LogP contribution in [0.3, 0.4) is 0 Å². The molecule has 0 spiro atoms. The van der Waals surface area contributed by atoms with Gasteiger partial charge in [-0.15, -0.1) is 11.8 Å². The standard InChI is InChI=1S/C21H24N2O4S2/c1-4-18-21(25)23-17-12-15(7-8-19(17)28-18)29(26,27)10-9-20(24)22-16-11-13(2)5-6-14(16)3/h5-8,11-12,18H,4,9-10H2,1-3H3,(H,22,24)(H,23,25)/t18-/m0/s1. The number of rotatable bonds is 6.